The predicted octanol–water partition coefficient (Wildman–Crippen LogP) is -1.98. The van der Waals surface area contributed by atoms with Crippen LogP contribution < -0.4 is 0 Å². The van der Waals surface area contributed by atoms with Crippen molar-refractivity contribution in [1.82, 2.24) is 0 Å². The van der Waals surface area contributed by atoms with Crippen molar-refractivity contribution in [2.45, 2.75) is 24.7 Å². The molecule has 1 saturated heterocycles. The molecule has 1 rings (SSSR count). The molecular weight excluding hydrogens is 152 g/mol. The van der Waals surface area contributed by atoms with Crippen LogP contribution in [0.2, 0.25) is 0 Å². The molecule has 5 heteroatoms. The summed E-state index contributed by atoms with van der Waals surface area (Å²) in [7, 11) is 0. The van der Waals surface area contributed by atoms with Crippen molar-refractivity contribution in [3.63, 3.8) is 0 Å². The standard InChI is InChI=1S/C6H10O5/c7-2-1-3-4(8)5(9)6(10)11-3/h3-5,7-9H,1-2H2/t3?,4-,5-/m0/s1. The van der Waals surface area contributed by atoms with Crippen LogP contribution in [0.15, 0.2) is 0 Å². The molecule has 0 amide bonds. The predicted molar refractivity (Wildman–Crippen MR) is 33.6 cm³/mol. The molecule has 1 heterocycles. The van der Waals surface area contributed by atoms with Crippen LogP contribution >= 0.6 is 0 Å². The van der Waals surface area contributed by atoms with Gasteiger partial charge in [-0.3, -0.25) is 0 Å². The molecular formula is C6H10O5. The Morgan fingerprint density at radius 1 is 1.45 bits per heavy atom. The molecule has 0 aromatic rings. The summed E-state index contributed by atoms with van der Waals surface area (Å²) in [5.74, 6) is -0.823. The number of hydrogen-bond donors (Lipinski definition) is 3. The first-order valence-electron chi connectivity index (χ1n) is 3.34. The molecule has 3 atom stereocenters. The van der Waals surface area contributed by atoms with Crippen LogP contribution in [0.25, 0.3) is 0 Å². The highest BCUT2D eigenvalue weighted by atomic mass is 16.6. The van der Waals surface area contributed by atoms with Crippen molar-refractivity contribution >= 4 is 5.97 Å². The highest BCUT2D eigenvalue weighted by molar-refractivity contribution is 5.77. The molecule has 1 unspecified atom stereocenters. The lowest BCUT2D eigenvalue weighted by molar-refractivity contribution is -0.147. The van der Waals surface area contributed by atoms with Gasteiger partial charge in [0.2, 0.25) is 0 Å². The molecule has 11 heavy (non-hydrogen) atoms. The van der Waals surface area contributed by atoms with Crippen molar-refractivity contribution in [2.75, 3.05) is 6.61 Å². The van der Waals surface area contributed by atoms with Gasteiger partial charge in [0.25, 0.3) is 0 Å². The number of hydrogen-bond acceptors (Lipinski definition) is 5. The molecule has 0 aromatic heterocycles. The van der Waals surface area contributed by atoms with Crippen LogP contribution in [0, 0.1) is 0 Å². The molecule has 64 valence electrons. The zero-order valence-electron chi connectivity index (χ0n) is 5.80. The fourth-order valence-electron chi connectivity index (χ4n) is 0.988. The van der Waals surface area contributed by atoms with Gasteiger partial charge in [-0.2, -0.15) is 0 Å². The van der Waals surface area contributed by atoms with E-state index in [-0.39, 0.29) is 13.0 Å². The number of ether oxygens (including phenoxy) is 1. The molecule has 0 bridgehead atoms. The SMILES string of the molecule is O=C1OC(CCO)[C@H](O)[C@@H]1O. The Morgan fingerprint density at radius 2 is 2.09 bits per heavy atom. The lowest BCUT2D eigenvalue weighted by Gasteiger charge is -2.10. The molecule has 1 aliphatic rings. The quantitative estimate of drug-likeness (QED) is 0.409. The first-order chi connectivity index (χ1) is 5.16. The Bertz CT molecular complexity index is 157. The molecule has 0 radical (unpaired) electrons. The van der Waals surface area contributed by atoms with Crippen LogP contribution in [0.1, 0.15) is 6.42 Å². The second kappa shape index (κ2) is 3.17. The Morgan fingerprint density at radius 3 is 2.45 bits per heavy atom. The average molecular weight is 162 g/mol. The van der Waals surface area contributed by atoms with E-state index in [1.807, 2.05) is 0 Å². The fourth-order valence-corrected chi connectivity index (χ4v) is 0.988. The van der Waals surface area contributed by atoms with E-state index in [1.165, 1.54) is 0 Å². The van der Waals surface area contributed by atoms with E-state index in [2.05, 4.69) is 4.74 Å². The lowest BCUT2D eigenvalue weighted by atomic mass is 10.1. The van der Waals surface area contributed by atoms with Gasteiger partial charge in [-0.15, -0.1) is 0 Å². The molecule has 1 fully saturated rings. The molecule has 0 aliphatic carbocycles. The Balaban J connectivity index is 2.52. The van der Waals surface area contributed by atoms with Gasteiger partial charge in [-0.05, 0) is 0 Å². The number of carbonyl (C=O) groups is 1. The van der Waals surface area contributed by atoms with Crippen LogP contribution in [0.3, 0.4) is 0 Å². The minimum atomic E-state index is -1.45. The number of carbonyl (C=O) groups excluding carboxylic acids is 1. The minimum Gasteiger partial charge on any atom is -0.457 e. The van der Waals surface area contributed by atoms with Gasteiger partial charge in [0.15, 0.2) is 6.10 Å². The van der Waals surface area contributed by atoms with Gasteiger partial charge in [0.1, 0.15) is 12.2 Å². The van der Waals surface area contributed by atoms with Crippen molar-refractivity contribution in [3.05, 3.63) is 0 Å². The lowest BCUT2D eigenvalue weighted by Crippen LogP contribution is -2.31. The zero-order valence-corrected chi connectivity index (χ0v) is 5.80. The molecule has 5 nitrogen and oxygen atoms in total. The van der Waals surface area contributed by atoms with Crippen molar-refractivity contribution < 1.29 is 24.9 Å². The molecule has 0 spiro atoms. The maximum atomic E-state index is 10.6. The highest BCUT2D eigenvalue weighted by Crippen LogP contribution is 2.17. The Labute approximate surface area is 63.2 Å². The van der Waals surface area contributed by atoms with E-state index in [0.717, 1.165) is 0 Å². The normalized spacial score (nSPS) is 37.4. The maximum absolute atomic E-state index is 10.6. The van der Waals surface area contributed by atoms with Crippen LogP contribution in [-0.4, -0.2) is 46.2 Å². The van der Waals surface area contributed by atoms with Crippen molar-refractivity contribution in [1.29, 1.82) is 0 Å². The summed E-state index contributed by atoms with van der Waals surface area (Å²) in [5.41, 5.74) is 0. The van der Waals surface area contributed by atoms with E-state index in [9.17, 15) is 4.79 Å². The van der Waals surface area contributed by atoms with E-state index in [0.29, 0.717) is 0 Å². The molecule has 1 aliphatic heterocycles. The Hall–Kier alpha value is -0.650. The Kier molecular flexibility index (Phi) is 2.43. The summed E-state index contributed by atoms with van der Waals surface area (Å²) < 4.78 is 4.53. The van der Waals surface area contributed by atoms with Gasteiger partial charge in [0, 0.05) is 13.0 Å². The van der Waals surface area contributed by atoms with E-state index < -0.39 is 24.3 Å². The highest BCUT2D eigenvalue weighted by Gasteiger charge is 2.41. The van der Waals surface area contributed by atoms with Crippen LogP contribution in [-0.2, 0) is 9.53 Å². The van der Waals surface area contributed by atoms with Crippen LogP contribution in [0.5, 0.6) is 0 Å². The summed E-state index contributed by atoms with van der Waals surface area (Å²) in [4.78, 5) is 10.6. The summed E-state index contributed by atoms with van der Waals surface area (Å²) in [6, 6.07) is 0. The van der Waals surface area contributed by atoms with Gasteiger partial charge in [0.05, 0.1) is 0 Å². The van der Waals surface area contributed by atoms with Crippen LogP contribution in [0.4, 0.5) is 0 Å². The van der Waals surface area contributed by atoms with Gasteiger partial charge in [-0.1, -0.05) is 0 Å². The number of rotatable bonds is 2. The molecule has 0 aromatic carbocycles. The van der Waals surface area contributed by atoms with Gasteiger partial charge < -0.3 is 20.1 Å². The number of cyclic esters (lactones) is 1. The number of aliphatic hydroxyl groups is 3. The maximum Gasteiger partial charge on any atom is 0.338 e. The third-order valence-corrected chi connectivity index (χ3v) is 1.63. The third-order valence-electron chi connectivity index (χ3n) is 1.63. The van der Waals surface area contributed by atoms with Gasteiger partial charge >= 0.3 is 5.97 Å². The summed E-state index contributed by atoms with van der Waals surface area (Å²) in [5, 5.41) is 26.3. The topological polar surface area (TPSA) is 87.0 Å². The largest absolute Gasteiger partial charge is 0.457 e. The molecule has 0 saturated carbocycles. The van der Waals surface area contributed by atoms with E-state index >= 15 is 0 Å². The zero-order chi connectivity index (χ0) is 8.43. The fraction of sp³-hybridized carbons (Fsp3) is 0.833. The second-order valence-corrected chi connectivity index (χ2v) is 2.42. The number of esters is 1. The first-order valence-corrected chi connectivity index (χ1v) is 3.34. The summed E-state index contributed by atoms with van der Waals surface area (Å²) >= 11 is 0. The van der Waals surface area contributed by atoms with E-state index in [1.54, 1.807) is 0 Å². The smallest absolute Gasteiger partial charge is 0.338 e. The minimum absolute atomic E-state index is 0.157. The van der Waals surface area contributed by atoms with E-state index in [4.69, 9.17) is 15.3 Å². The van der Waals surface area contributed by atoms with Crippen molar-refractivity contribution in [3.8, 4) is 0 Å². The van der Waals surface area contributed by atoms with Gasteiger partial charge in [-0.25, -0.2) is 4.79 Å². The third kappa shape index (κ3) is 1.50. The first kappa shape index (κ1) is 8.45. The summed E-state index contributed by atoms with van der Waals surface area (Å²) in [6.45, 7) is -0.179. The summed E-state index contributed by atoms with van der Waals surface area (Å²) in [6.07, 6.45) is -3.26. The van der Waals surface area contributed by atoms with Crippen molar-refractivity contribution in [2.24, 2.45) is 0 Å². The second-order valence-electron chi connectivity index (χ2n) is 2.42. The number of aliphatic hydroxyl groups excluding tert-OH is 3. The average Bonchev–Trinajstić information content (AvgIpc) is 2.19. The molecule has 3 N–H and O–H groups in total. The monoisotopic (exact) mass is 162 g/mol.